The number of nitrogens with zero attached hydrogens (tertiary/aromatic N) is 4. The molecular formula is C19H20N6OS. The molecule has 27 heavy (non-hydrogen) atoms. The Morgan fingerprint density at radius 3 is 2.81 bits per heavy atom. The molecule has 0 spiro atoms. The molecule has 0 aliphatic heterocycles. The summed E-state index contributed by atoms with van der Waals surface area (Å²) in [5.74, 6) is 0.854. The third-order valence-electron chi connectivity index (χ3n) is 4.66. The van der Waals surface area contributed by atoms with Crippen molar-refractivity contribution in [1.82, 2.24) is 24.7 Å². The molecule has 3 N–H and O–H groups in total. The number of rotatable bonds is 4. The molecule has 8 heteroatoms. The first-order chi connectivity index (χ1) is 12.9. The van der Waals surface area contributed by atoms with Crippen LogP contribution in [0, 0.1) is 20.8 Å². The quantitative estimate of drug-likeness (QED) is 0.566. The van der Waals surface area contributed by atoms with E-state index in [2.05, 4.69) is 52.2 Å². The van der Waals surface area contributed by atoms with Crippen LogP contribution in [0.4, 0.5) is 5.95 Å². The number of nitrogen functional groups attached to an aromatic ring is 1. The molecule has 1 aromatic carbocycles. The predicted octanol–water partition coefficient (Wildman–Crippen LogP) is 2.99. The Balaban J connectivity index is 1.82. The number of aryl methyl sites for hydroxylation is 5. The number of nitrogens with one attached hydrogen (secondary N) is 1. The Labute approximate surface area is 159 Å². The van der Waals surface area contributed by atoms with Gasteiger partial charge >= 0.3 is 0 Å². The highest BCUT2D eigenvalue weighted by atomic mass is 32.1. The van der Waals surface area contributed by atoms with Crippen LogP contribution in [0.25, 0.3) is 21.3 Å². The maximum atomic E-state index is 13.2. The molecule has 3 heterocycles. The van der Waals surface area contributed by atoms with Crippen molar-refractivity contribution in [2.75, 3.05) is 5.73 Å². The number of aromatic nitrogens is 5. The third-order valence-corrected chi connectivity index (χ3v) is 5.67. The van der Waals surface area contributed by atoms with Gasteiger partial charge in [-0.05, 0) is 31.9 Å². The first kappa shape index (κ1) is 17.4. The lowest BCUT2D eigenvalue weighted by molar-refractivity contribution is 0.645. The molecule has 0 bridgehead atoms. The van der Waals surface area contributed by atoms with Crippen LogP contribution in [-0.2, 0) is 13.0 Å². The van der Waals surface area contributed by atoms with Gasteiger partial charge in [0, 0.05) is 23.4 Å². The van der Waals surface area contributed by atoms with Crippen LogP contribution >= 0.6 is 11.3 Å². The second-order valence-electron chi connectivity index (χ2n) is 6.67. The van der Waals surface area contributed by atoms with Crippen molar-refractivity contribution in [3.8, 4) is 11.1 Å². The molecule has 0 radical (unpaired) electrons. The highest BCUT2D eigenvalue weighted by molar-refractivity contribution is 7.19. The van der Waals surface area contributed by atoms with Crippen molar-refractivity contribution >= 4 is 27.5 Å². The van der Waals surface area contributed by atoms with E-state index in [4.69, 9.17) is 5.73 Å². The van der Waals surface area contributed by atoms with Gasteiger partial charge in [-0.15, -0.1) is 16.4 Å². The molecular weight excluding hydrogens is 360 g/mol. The van der Waals surface area contributed by atoms with E-state index in [9.17, 15) is 4.79 Å². The van der Waals surface area contributed by atoms with Crippen molar-refractivity contribution in [3.05, 3.63) is 56.7 Å². The monoisotopic (exact) mass is 380 g/mol. The predicted molar refractivity (Wildman–Crippen MR) is 108 cm³/mol. The normalized spacial score (nSPS) is 11.4. The summed E-state index contributed by atoms with van der Waals surface area (Å²) in [5, 5.41) is 7.27. The highest BCUT2D eigenvalue weighted by Crippen LogP contribution is 2.37. The van der Waals surface area contributed by atoms with E-state index in [0.29, 0.717) is 24.2 Å². The average Bonchev–Trinajstić information content (AvgIpc) is 3.19. The highest BCUT2D eigenvalue weighted by Gasteiger charge is 2.18. The smallest absolute Gasteiger partial charge is 0.262 e. The number of hydrogen-bond acceptors (Lipinski definition) is 6. The van der Waals surface area contributed by atoms with Gasteiger partial charge in [-0.3, -0.25) is 14.5 Å². The average molecular weight is 380 g/mol. The fourth-order valence-corrected chi connectivity index (χ4v) is 4.27. The number of H-pyrrole nitrogens is 1. The molecule has 0 fully saturated rings. The fourth-order valence-electron chi connectivity index (χ4n) is 3.27. The zero-order valence-corrected chi connectivity index (χ0v) is 16.2. The molecule has 138 valence electrons. The number of thiophene rings is 1. The molecule has 4 aromatic rings. The van der Waals surface area contributed by atoms with E-state index in [1.807, 2.05) is 6.92 Å². The minimum Gasteiger partial charge on any atom is -0.367 e. The molecule has 4 rings (SSSR count). The second kappa shape index (κ2) is 6.62. The van der Waals surface area contributed by atoms with E-state index in [1.54, 1.807) is 22.2 Å². The molecule has 0 aliphatic rings. The third kappa shape index (κ3) is 3.12. The molecule has 0 aliphatic carbocycles. The summed E-state index contributed by atoms with van der Waals surface area (Å²) >= 11 is 1.56. The fraction of sp³-hybridized carbons (Fsp3) is 0.263. The van der Waals surface area contributed by atoms with Crippen LogP contribution in [0.15, 0.2) is 29.3 Å². The minimum atomic E-state index is -0.0345. The lowest BCUT2D eigenvalue weighted by Gasteiger charge is -2.09. The maximum absolute atomic E-state index is 13.2. The Morgan fingerprint density at radius 2 is 2.07 bits per heavy atom. The van der Waals surface area contributed by atoms with Gasteiger partial charge in [-0.2, -0.15) is 4.98 Å². The van der Waals surface area contributed by atoms with E-state index in [1.165, 1.54) is 5.56 Å². The largest absolute Gasteiger partial charge is 0.367 e. The van der Waals surface area contributed by atoms with Crippen molar-refractivity contribution in [2.45, 2.75) is 33.7 Å². The van der Waals surface area contributed by atoms with Crippen LogP contribution in [0.1, 0.15) is 21.8 Å². The van der Waals surface area contributed by atoms with Crippen LogP contribution in [0.5, 0.6) is 0 Å². The first-order valence-corrected chi connectivity index (χ1v) is 9.48. The Morgan fingerprint density at radius 1 is 1.26 bits per heavy atom. The van der Waals surface area contributed by atoms with E-state index in [-0.39, 0.29) is 11.5 Å². The minimum absolute atomic E-state index is 0.0345. The van der Waals surface area contributed by atoms with Gasteiger partial charge in [0.2, 0.25) is 5.95 Å². The topological polar surface area (TPSA) is 102 Å². The van der Waals surface area contributed by atoms with Crippen LogP contribution in [0.3, 0.4) is 0 Å². The van der Waals surface area contributed by atoms with Gasteiger partial charge < -0.3 is 5.73 Å². The van der Waals surface area contributed by atoms with Crippen molar-refractivity contribution < 1.29 is 0 Å². The number of aromatic amines is 1. The van der Waals surface area contributed by atoms with Gasteiger partial charge in [0.1, 0.15) is 10.7 Å². The Kier molecular flexibility index (Phi) is 4.27. The Bertz CT molecular complexity index is 1200. The molecule has 0 amide bonds. The summed E-state index contributed by atoms with van der Waals surface area (Å²) in [4.78, 5) is 23.7. The zero-order valence-electron chi connectivity index (χ0n) is 15.4. The first-order valence-electron chi connectivity index (χ1n) is 8.67. The standard InChI is InChI=1S/C19H20N6OS/c1-10-4-5-11(2)13(8-10)15-12(3)27-17-16(15)18(26)25(9-21-17)7-6-14-22-19(20)24-23-14/h4-5,8-9H,6-7H2,1-3H3,(H3,20,22,23,24). The lowest BCUT2D eigenvalue weighted by Crippen LogP contribution is -2.21. The number of hydrogen-bond donors (Lipinski definition) is 2. The molecule has 0 atom stereocenters. The SMILES string of the molecule is Cc1ccc(C)c(-c2c(C)sc3ncn(CCc4nc(N)n[nH]4)c(=O)c23)c1. The van der Waals surface area contributed by atoms with Crippen molar-refractivity contribution in [2.24, 2.45) is 0 Å². The van der Waals surface area contributed by atoms with Crippen LogP contribution in [0.2, 0.25) is 0 Å². The van der Waals surface area contributed by atoms with Crippen LogP contribution < -0.4 is 11.3 Å². The lowest BCUT2D eigenvalue weighted by atomic mass is 9.97. The Hall–Kier alpha value is -3.00. The summed E-state index contributed by atoms with van der Waals surface area (Å²) in [6.07, 6.45) is 2.13. The van der Waals surface area contributed by atoms with Crippen molar-refractivity contribution in [1.29, 1.82) is 0 Å². The second-order valence-corrected chi connectivity index (χ2v) is 7.87. The number of nitrogens with two attached hydrogens (primary N) is 1. The molecule has 0 saturated heterocycles. The van der Waals surface area contributed by atoms with Crippen LogP contribution in [-0.4, -0.2) is 24.7 Å². The summed E-state index contributed by atoms with van der Waals surface area (Å²) in [7, 11) is 0. The van der Waals surface area contributed by atoms with Gasteiger partial charge in [0.05, 0.1) is 11.7 Å². The van der Waals surface area contributed by atoms with Crippen molar-refractivity contribution in [3.63, 3.8) is 0 Å². The van der Waals surface area contributed by atoms with Gasteiger partial charge in [-0.1, -0.05) is 23.8 Å². The molecule has 0 saturated carbocycles. The summed E-state index contributed by atoms with van der Waals surface area (Å²) in [5.41, 5.74) is 9.90. The van der Waals surface area contributed by atoms with E-state index in [0.717, 1.165) is 26.4 Å². The van der Waals surface area contributed by atoms with E-state index < -0.39 is 0 Å². The summed E-state index contributed by atoms with van der Waals surface area (Å²) in [6.45, 7) is 6.63. The van der Waals surface area contributed by atoms with Gasteiger partial charge in [0.25, 0.3) is 5.56 Å². The number of fused-ring (bicyclic) bond motifs is 1. The molecule has 3 aromatic heterocycles. The van der Waals surface area contributed by atoms with Gasteiger partial charge in [0.15, 0.2) is 0 Å². The molecule has 0 unspecified atom stereocenters. The maximum Gasteiger partial charge on any atom is 0.262 e. The number of benzene rings is 1. The van der Waals surface area contributed by atoms with E-state index >= 15 is 0 Å². The summed E-state index contributed by atoms with van der Waals surface area (Å²) < 4.78 is 1.63. The van der Waals surface area contributed by atoms with Gasteiger partial charge in [-0.25, -0.2) is 4.98 Å². The zero-order chi connectivity index (χ0) is 19.1. The molecule has 7 nitrogen and oxygen atoms in total. The summed E-state index contributed by atoms with van der Waals surface area (Å²) in [6, 6.07) is 6.32. The number of anilines is 1.